The van der Waals surface area contributed by atoms with E-state index in [0.29, 0.717) is 6.54 Å². The van der Waals surface area contributed by atoms with Gasteiger partial charge < -0.3 is 9.80 Å². The molecule has 0 aliphatic carbocycles. The lowest BCUT2D eigenvalue weighted by Gasteiger charge is -2.29. The van der Waals surface area contributed by atoms with Crippen LogP contribution < -0.4 is 4.90 Å². The zero-order valence-corrected chi connectivity index (χ0v) is 16.2. The van der Waals surface area contributed by atoms with Crippen molar-refractivity contribution in [1.82, 2.24) is 14.8 Å². The Balaban J connectivity index is 1.32. The summed E-state index contributed by atoms with van der Waals surface area (Å²) in [6.07, 6.45) is 2.09. The van der Waals surface area contributed by atoms with Crippen molar-refractivity contribution >= 4 is 33.7 Å². The van der Waals surface area contributed by atoms with Crippen molar-refractivity contribution in [2.75, 3.05) is 44.2 Å². The van der Waals surface area contributed by atoms with Gasteiger partial charge in [-0.1, -0.05) is 0 Å². The molecule has 2 aromatic heterocycles. The maximum absolute atomic E-state index is 12.7. The largest absolute Gasteiger partial charge is 0.347 e. The van der Waals surface area contributed by atoms with Crippen LogP contribution in [-0.2, 0) is 17.8 Å². The second-order valence-electron chi connectivity index (χ2n) is 6.82. The van der Waals surface area contributed by atoms with E-state index in [1.165, 1.54) is 10.4 Å². The van der Waals surface area contributed by atoms with Crippen LogP contribution in [0.1, 0.15) is 22.6 Å². The highest BCUT2D eigenvalue weighted by molar-refractivity contribution is 7.13. The fraction of sp³-hybridized carbons (Fsp3) is 0.556. The Morgan fingerprint density at radius 1 is 1.20 bits per heavy atom. The van der Waals surface area contributed by atoms with Crippen LogP contribution in [0.25, 0.3) is 0 Å². The molecule has 0 bridgehead atoms. The number of rotatable bonds is 3. The molecule has 1 amide bonds. The van der Waals surface area contributed by atoms with Crippen LogP contribution >= 0.6 is 22.7 Å². The molecule has 25 heavy (non-hydrogen) atoms. The number of hydrogen-bond donors (Lipinski definition) is 0. The molecule has 0 saturated carbocycles. The molecule has 134 valence electrons. The summed E-state index contributed by atoms with van der Waals surface area (Å²) in [6, 6.07) is 2.17. The highest BCUT2D eigenvalue weighted by Gasteiger charge is 2.24. The van der Waals surface area contributed by atoms with Crippen LogP contribution in [0.4, 0.5) is 5.13 Å². The molecule has 5 nitrogen and oxygen atoms in total. The average molecular weight is 377 g/mol. The van der Waals surface area contributed by atoms with E-state index in [9.17, 15) is 4.79 Å². The Labute approximate surface area is 156 Å². The molecule has 2 aliphatic heterocycles. The SMILES string of the molecule is Cc1csc(N2CCCN(CC(=O)N3CCc4sccc4C3)CC2)n1. The molecule has 7 heteroatoms. The Morgan fingerprint density at radius 2 is 2.12 bits per heavy atom. The van der Waals surface area contributed by atoms with E-state index in [-0.39, 0.29) is 5.91 Å². The van der Waals surface area contributed by atoms with Gasteiger partial charge in [-0.3, -0.25) is 9.69 Å². The molecule has 4 heterocycles. The van der Waals surface area contributed by atoms with Crippen molar-refractivity contribution in [3.63, 3.8) is 0 Å². The first kappa shape index (κ1) is 17.0. The third kappa shape index (κ3) is 3.88. The maximum atomic E-state index is 12.7. The second kappa shape index (κ2) is 7.43. The summed E-state index contributed by atoms with van der Waals surface area (Å²) in [5.41, 5.74) is 2.43. The van der Waals surface area contributed by atoms with E-state index in [2.05, 4.69) is 31.6 Å². The van der Waals surface area contributed by atoms with Crippen molar-refractivity contribution in [1.29, 1.82) is 0 Å². The van der Waals surface area contributed by atoms with Gasteiger partial charge in [0.15, 0.2) is 5.13 Å². The molecule has 0 unspecified atom stereocenters. The molecule has 2 aromatic rings. The van der Waals surface area contributed by atoms with Crippen LogP contribution in [0.15, 0.2) is 16.8 Å². The lowest BCUT2D eigenvalue weighted by molar-refractivity contribution is -0.133. The fourth-order valence-electron chi connectivity index (χ4n) is 3.56. The van der Waals surface area contributed by atoms with E-state index in [0.717, 1.165) is 62.9 Å². The molecular weight excluding hydrogens is 352 g/mol. The number of hydrogen-bond acceptors (Lipinski definition) is 6. The van der Waals surface area contributed by atoms with Gasteiger partial charge in [0.2, 0.25) is 5.91 Å². The fourth-order valence-corrected chi connectivity index (χ4v) is 5.31. The van der Waals surface area contributed by atoms with Gasteiger partial charge in [-0.15, -0.1) is 22.7 Å². The van der Waals surface area contributed by atoms with E-state index >= 15 is 0 Å². The second-order valence-corrected chi connectivity index (χ2v) is 8.66. The Bertz CT molecular complexity index is 741. The zero-order valence-electron chi connectivity index (χ0n) is 14.6. The van der Waals surface area contributed by atoms with E-state index in [4.69, 9.17) is 0 Å². The van der Waals surface area contributed by atoms with Crippen molar-refractivity contribution in [2.24, 2.45) is 0 Å². The zero-order chi connectivity index (χ0) is 17.2. The maximum Gasteiger partial charge on any atom is 0.237 e. The van der Waals surface area contributed by atoms with Gasteiger partial charge >= 0.3 is 0 Å². The number of fused-ring (bicyclic) bond motifs is 1. The summed E-state index contributed by atoms with van der Waals surface area (Å²) >= 11 is 3.54. The summed E-state index contributed by atoms with van der Waals surface area (Å²) in [4.78, 5) is 25.5. The Morgan fingerprint density at radius 3 is 2.96 bits per heavy atom. The molecule has 0 spiro atoms. The lowest BCUT2D eigenvalue weighted by Crippen LogP contribution is -2.43. The molecule has 4 rings (SSSR count). The molecule has 0 N–H and O–H groups in total. The van der Waals surface area contributed by atoms with Gasteiger partial charge in [-0.25, -0.2) is 4.98 Å². The Kier molecular flexibility index (Phi) is 5.05. The van der Waals surface area contributed by atoms with Crippen LogP contribution in [-0.4, -0.2) is 60.0 Å². The highest BCUT2D eigenvalue weighted by atomic mass is 32.1. The summed E-state index contributed by atoms with van der Waals surface area (Å²) < 4.78 is 0. The van der Waals surface area contributed by atoms with Crippen molar-refractivity contribution in [2.45, 2.75) is 26.3 Å². The van der Waals surface area contributed by atoms with Crippen LogP contribution in [0.3, 0.4) is 0 Å². The van der Waals surface area contributed by atoms with E-state index in [1.807, 2.05) is 23.2 Å². The number of nitrogens with zero attached hydrogens (tertiary/aromatic N) is 4. The number of amides is 1. The average Bonchev–Trinajstić information content (AvgIpc) is 3.19. The van der Waals surface area contributed by atoms with Gasteiger partial charge in [0, 0.05) is 49.5 Å². The summed E-state index contributed by atoms with van der Waals surface area (Å²) in [5, 5.41) is 5.37. The normalized spacial score (nSPS) is 18.9. The quantitative estimate of drug-likeness (QED) is 0.826. The number of aryl methyl sites for hydroxylation is 1. The minimum Gasteiger partial charge on any atom is -0.347 e. The standard InChI is InChI=1S/C18H24N4OS2/c1-14-13-25-18(19-14)21-6-2-5-20(8-9-21)12-17(23)22-7-3-16-15(11-22)4-10-24-16/h4,10,13H,2-3,5-9,11-12H2,1H3. The predicted molar refractivity (Wildman–Crippen MR) is 104 cm³/mol. The van der Waals surface area contributed by atoms with Gasteiger partial charge in [-0.05, 0) is 36.8 Å². The van der Waals surface area contributed by atoms with Crippen LogP contribution in [0.2, 0.25) is 0 Å². The molecule has 2 aliphatic rings. The van der Waals surface area contributed by atoms with Crippen LogP contribution in [0, 0.1) is 6.92 Å². The predicted octanol–water partition coefficient (Wildman–Crippen LogP) is 2.61. The number of anilines is 1. The monoisotopic (exact) mass is 376 g/mol. The van der Waals surface area contributed by atoms with E-state index in [1.54, 1.807) is 11.3 Å². The van der Waals surface area contributed by atoms with Gasteiger partial charge in [-0.2, -0.15) is 0 Å². The first-order valence-corrected chi connectivity index (χ1v) is 10.7. The summed E-state index contributed by atoms with van der Waals surface area (Å²) in [6.45, 7) is 8.14. The molecule has 0 radical (unpaired) electrons. The van der Waals surface area contributed by atoms with Gasteiger partial charge in [0.25, 0.3) is 0 Å². The molecule has 1 saturated heterocycles. The van der Waals surface area contributed by atoms with E-state index < -0.39 is 0 Å². The topological polar surface area (TPSA) is 39.7 Å². The summed E-state index contributed by atoms with van der Waals surface area (Å²) in [5.74, 6) is 0.274. The summed E-state index contributed by atoms with van der Waals surface area (Å²) in [7, 11) is 0. The number of carbonyl (C=O) groups is 1. The van der Waals surface area contributed by atoms with Crippen LogP contribution in [0.5, 0.6) is 0 Å². The first-order valence-electron chi connectivity index (χ1n) is 8.91. The van der Waals surface area contributed by atoms with Crippen molar-refractivity contribution in [3.05, 3.63) is 33.0 Å². The molecule has 0 aromatic carbocycles. The van der Waals surface area contributed by atoms with Gasteiger partial charge in [0.1, 0.15) is 0 Å². The minimum atomic E-state index is 0.274. The number of thiazole rings is 1. The molecule has 0 atom stereocenters. The van der Waals surface area contributed by atoms with Crippen molar-refractivity contribution < 1.29 is 4.79 Å². The smallest absolute Gasteiger partial charge is 0.237 e. The highest BCUT2D eigenvalue weighted by Crippen LogP contribution is 2.24. The third-order valence-electron chi connectivity index (χ3n) is 4.99. The third-order valence-corrected chi connectivity index (χ3v) is 7.03. The first-order chi connectivity index (χ1) is 12.2. The Hall–Kier alpha value is -1.44. The number of thiophene rings is 1. The molecule has 1 fully saturated rings. The lowest BCUT2D eigenvalue weighted by atomic mass is 10.1. The van der Waals surface area contributed by atoms with Gasteiger partial charge in [0.05, 0.1) is 12.2 Å². The number of carbonyl (C=O) groups excluding carboxylic acids is 1. The minimum absolute atomic E-state index is 0.274. The van der Waals surface area contributed by atoms with Crippen molar-refractivity contribution in [3.8, 4) is 0 Å². The number of aromatic nitrogens is 1. The molecular formula is C18H24N4OS2.